The summed E-state index contributed by atoms with van der Waals surface area (Å²) in [6, 6.07) is 19.1. The minimum absolute atomic E-state index is 0.114. The lowest BCUT2D eigenvalue weighted by atomic mass is 9.96. The van der Waals surface area contributed by atoms with Gasteiger partial charge in [0.2, 0.25) is 5.91 Å². The zero-order chi connectivity index (χ0) is 26.2. The number of para-hydroxylation sites is 1. The predicted molar refractivity (Wildman–Crippen MR) is 150 cm³/mol. The summed E-state index contributed by atoms with van der Waals surface area (Å²) in [6.45, 7) is 1.46. The predicted octanol–water partition coefficient (Wildman–Crippen LogP) is 6.05. The minimum atomic E-state index is -0.458. The lowest BCUT2D eigenvalue weighted by molar-refractivity contribution is -0.119. The van der Waals surface area contributed by atoms with Crippen LogP contribution in [0.15, 0.2) is 65.1 Å². The highest BCUT2D eigenvalue weighted by Gasteiger charge is 2.42. The van der Waals surface area contributed by atoms with Crippen molar-refractivity contribution in [1.29, 1.82) is 0 Å². The third kappa shape index (κ3) is 5.16. The van der Waals surface area contributed by atoms with Crippen LogP contribution < -0.4 is 10.6 Å². The van der Waals surface area contributed by atoms with E-state index >= 15 is 0 Å². The molecule has 0 aromatic heterocycles. The Morgan fingerprint density at radius 1 is 0.947 bits per heavy atom. The first-order valence-corrected chi connectivity index (χ1v) is 14.3. The summed E-state index contributed by atoms with van der Waals surface area (Å²) in [4.78, 5) is 30.6. The number of nitrogens with one attached hydrogen (secondary N) is 2. The molecule has 198 valence electrons. The fourth-order valence-corrected chi connectivity index (χ4v) is 6.93. The van der Waals surface area contributed by atoms with E-state index in [0.717, 1.165) is 53.9 Å². The molecule has 0 spiro atoms. The molecule has 3 saturated heterocycles. The molecule has 0 saturated carbocycles. The topological polar surface area (TPSA) is 64.7 Å². The summed E-state index contributed by atoms with van der Waals surface area (Å²) < 4.78 is 14.4. The van der Waals surface area contributed by atoms with Gasteiger partial charge in [-0.3, -0.25) is 9.69 Å². The van der Waals surface area contributed by atoms with E-state index in [1.165, 1.54) is 11.6 Å². The average molecular weight is 580 g/mol. The van der Waals surface area contributed by atoms with Gasteiger partial charge in [0.05, 0.1) is 5.69 Å². The van der Waals surface area contributed by atoms with Crippen LogP contribution >= 0.6 is 15.9 Å². The molecule has 3 fully saturated rings. The van der Waals surface area contributed by atoms with E-state index in [1.807, 2.05) is 36.4 Å². The van der Waals surface area contributed by atoms with E-state index in [-0.39, 0.29) is 23.8 Å². The molecule has 3 aliphatic heterocycles. The smallest absolute Gasteiger partial charge is 0.318 e. The van der Waals surface area contributed by atoms with Gasteiger partial charge in [-0.2, -0.15) is 0 Å². The molecule has 3 aromatic carbocycles. The van der Waals surface area contributed by atoms with Crippen molar-refractivity contribution in [3.63, 3.8) is 0 Å². The number of likely N-dealkylation sites (tertiary alicyclic amines) is 1. The SMILES string of the molecule is O=C(Nc1ccccc1Br)[C@@H]1CCCN1C(=O)NC1C[C@H]2CC[C@H](C1)N2Cc1ccc2cc(F)ccc2c1. The number of amides is 3. The lowest BCUT2D eigenvalue weighted by Crippen LogP contribution is -2.54. The largest absolute Gasteiger partial charge is 0.335 e. The molecule has 0 aliphatic carbocycles. The summed E-state index contributed by atoms with van der Waals surface area (Å²) in [5.41, 5.74) is 1.95. The van der Waals surface area contributed by atoms with Gasteiger partial charge in [0.25, 0.3) is 0 Å². The third-order valence-electron chi connectivity index (χ3n) is 8.39. The van der Waals surface area contributed by atoms with Crippen molar-refractivity contribution < 1.29 is 14.0 Å². The summed E-state index contributed by atoms with van der Waals surface area (Å²) in [5, 5.41) is 8.22. The first-order chi connectivity index (χ1) is 18.4. The van der Waals surface area contributed by atoms with Crippen LogP contribution in [0.5, 0.6) is 0 Å². The molecule has 8 heteroatoms. The number of benzene rings is 3. The lowest BCUT2D eigenvalue weighted by Gasteiger charge is -2.40. The average Bonchev–Trinajstić information content (AvgIpc) is 3.48. The van der Waals surface area contributed by atoms with Crippen molar-refractivity contribution in [2.75, 3.05) is 11.9 Å². The van der Waals surface area contributed by atoms with Crippen LogP contribution in [0, 0.1) is 5.82 Å². The van der Waals surface area contributed by atoms with Crippen LogP contribution in [0.4, 0.5) is 14.9 Å². The van der Waals surface area contributed by atoms with E-state index in [2.05, 4.69) is 43.6 Å². The highest BCUT2D eigenvalue weighted by Crippen LogP contribution is 2.37. The molecule has 2 N–H and O–H groups in total. The van der Waals surface area contributed by atoms with Crippen LogP contribution in [0.25, 0.3) is 10.8 Å². The van der Waals surface area contributed by atoms with Crippen molar-refractivity contribution in [2.24, 2.45) is 0 Å². The molecular weight excluding hydrogens is 547 g/mol. The van der Waals surface area contributed by atoms with Crippen LogP contribution in [0.2, 0.25) is 0 Å². The number of rotatable bonds is 5. The van der Waals surface area contributed by atoms with Crippen LogP contribution in [-0.2, 0) is 11.3 Å². The van der Waals surface area contributed by atoms with Crippen LogP contribution in [0.3, 0.4) is 0 Å². The Balaban J connectivity index is 1.06. The van der Waals surface area contributed by atoms with Gasteiger partial charge in [0.15, 0.2) is 0 Å². The number of carbonyl (C=O) groups is 2. The number of nitrogens with zero attached hydrogens (tertiary/aromatic N) is 2. The maximum atomic E-state index is 13.5. The molecule has 38 heavy (non-hydrogen) atoms. The Kier molecular flexibility index (Phi) is 7.10. The first-order valence-electron chi connectivity index (χ1n) is 13.5. The quantitative estimate of drug-likeness (QED) is 0.387. The standard InChI is InChI=1S/C30H32BrFN4O2/c31-26-4-1-2-5-27(26)34-29(37)28-6-3-13-35(28)30(38)33-23-16-24-11-12-25(17-23)36(24)18-19-7-8-21-15-22(32)10-9-20(21)14-19/h1-2,4-5,7-10,14-15,23-25,28H,3,6,11-13,16-18H2,(H,33,38)(H,34,37)/t24-,25-,28+/m1/s1. The van der Waals surface area contributed by atoms with Crippen LogP contribution in [0.1, 0.15) is 44.1 Å². The second kappa shape index (κ2) is 10.7. The van der Waals surface area contributed by atoms with E-state index in [9.17, 15) is 14.0 Å². The molecule has 6 rings (SSSR count). The van der Waals surface area contributed by atoms with Gasteiger partial charge in [0.1, 0.15) is 11.9 Å². The number of carbonyl (C=O) groups excluding carboxylic acids is 2. The summed E-state index contributed by atoms with van der Waals surface area (Å²) in [5.74, 6) is -0.352. The second-order valence-corrected chi connectivity index (χ2v) is 11.7. The molecule has 3 heterocycles. The van der Waals surface area contributed by atoms with Crippen molar-refractivity contribution in [3.8, 4) is 0 Å². The summed E-state index contributed by atoms with van der Waals surface area (Å²) in [7, 11) is 0. The number of piperidine rings is 1. The number of anilines is 1. The molecular formula is C30H32BrFN4O2. The van der Waals surface area contributed by atoms with Gasteiger partial charge in [-0.15, -0.1) is 0 Å². The maximum absolute atomic E-state index is 13.5. The van der Waals surface area contributed by atoms with Gasteiger partial charge in [-0.05, 0) is 101 Å². The van der Waals surface area contributed by atoms with Gasteiger partial charge in [-0.1, -0.05) is 30.3 Å². The van der Waals surface area contributed by atoms with Crippen LogP contribution in [-0.4, -0.2) is 52.5 Å². The Morgan fingerprint density at radius 3 is 2.47 bits per heavy atom. The van der Waals surface area contributed by atoms with Crippen molar-refractivity contribution in [2.45, 2.75) is 69.2 Å². The molecule has 6 nitrogen and oxygen atoms in total. The van der Waals surface area contributed by atoms with Gasteiger partial charge >= 0.3 is 6.03 Å². The van der Waals surface area contributed by atoms with Gasteiger partial charge < -0.3 is 15.5 Å². The molecule has 3 aliphatic rings. The number of halogens is 2. The number of hydrogen-bond acceptors (Lipinski definition) is 3. The fourth-order valence-electron chi connectivity index (χ4n) is 6.54. The zero-order valence-electron chi connectivity index (χ0n) is 21.2. The molecule has 0 unspecified atom stereocenters. The van der Waals surface area contributed by atoms with E-state index in [0.29, 0.717) is 30.7 Å². The van der Waals surface area contributed by atoms with Crippen molar-refractivity contribution in [3.05, 3.63) is 76.5 Å². The fraction of sp³-hybridized carbons (Fsp3) is 0.400. The maximum Gasteiger partial charge on any atom is 0.318 e. The minimum Gasteiger partial charge on any atom is -0.335 e. The highest BCUT2D eigenvalue weighted by atomic mass is 79.9. The monoisotopic (exact) mass is 578 g/mol. The Morgan fingerprint density at radius 2 is 1.68 bits per heavy atom. The van der Waals surface area contributed by atoms with Gasteiger partial charge in [0, 0.05) is 35.7 Å². The summed E-state index contributed by atoms with van der Waals surface area (Å²) >= 11 is 3.47. The van der Waals surface area contributed by atoms with Crippen molar-refractivity contribution in [1.82, 2.24) is 15.1 Å². The van der Waals surface area contributed by atoms with E-state index < -0.39 is 6.04 Å². The van der Waals surface area contributed by atoms with E-state index in [4.69, 9.17) is 0 Å². The Hall–Kier alpha value is -2.97. The number of urea groups is 1. The Bertz CT molecular complexity index is 1350. The van der Waals surface area contributed by atoms with E-state index in [1.54, 1.807) is 11.0 Å². The van der Waals surface area contributed by atoms with Gasteiger partial charge in [-0.25, -0.2) is 9.18 Å². The molecule has 3 aromatic rings. The molecule has 2 bridgehead atoms. The normalized spacial score (nSPS) is 25.1. The second-order valence-electron chi connectivity index (χ2n) is 10.8. The number of fused-ring (bicyclic) bond motifs is 3. The van der Waals surface area contributed by atoms with Crippen molar-refractivity contribution >= 4 is 44.3 Å². The first kappa shape index (κ1) is 25.3. The third-order valence-corrected chi connectivity index (χ3v) is 9.08. The zero-order valence-corrected chi connectivity index (χ0v) is 22.8. The molecule has 3 atom stereocenters. The molecule has 0 radical (unpaired) electrons. The highest BCUT2D eigenvalue weighted by molar-refractivity contribution is 9.10. The number of hydrogen-bond donors (Lipinski definition) is 2. The Labute approximate surface area is 230 Å². The molecule has 3 amide bonds. The summed E-state index contributed by atoms with van der Waals surface area (Å²) in [6.07, 6.45) is 5.60.